The number of nitrogens with one attached hydrogen (secondary N) is 1. The molecule has 0 saturated heterocycles. The van der Waals surface area contributed by atoms with E-state index in [1.807, 2.05) is 25.1 Å². The van der Waals surface area contributed by atoms with Gasteiger partial charge in [-0.3, -0.25) is 9.78 Å². The molecule has 0 aliphatic heterocycles. The number of amides is 1. The van der Waals surface area contributed by atoms with E-state index in [9.17, 15) is 4.79 Å². The van der Waals surface area contributed by atoms with Gasteiger partial charge >= 0.3 is 0 Å². The van der Waals surface area contributed by atoms with Crippen LogP contribution >= 0.6 is 23.1 Å². The molecule has 0 bridgehead atoms. The highest BCUT2D eigenvalue weighted by Gasteiger charge is 2.20. The van der Waals surface area contributed by atoms with Crippen LogP contribution in [-0.4, -0.2) is 37.5 Å². The van der Waals surface area contributed by atoms with Gasteiger partial charge in [-0.1, -0.05) is 24.8 Å². The largest absolute Gasteiger partial charge is 0.355 e. The minimum absolute atomic E-state index is 0.0214. The summed E-state index contributed by atoms with van der Waals surface area (Å²) in [6.45, 7) is 5.47. The summed E-state index contributed by atoms with van der Waals surface area (Å²) in [4.78, 5) is 17.8. The van der Waals surface area contributed by atoms with Gasteiger partial charge in [0.2, 0.25) is 5.91 Å². The number of thioether (sulfide) groups is 1. The molecule has 3 rings (SSSR count). The quantitative estimate of drug-likeness (QED) is 0.554. The molecule has 0 aliphatic rings. The molecule has 3 aromatic rings. The standard InChI is InChI=1S/C19H23N5OS2/c1-3-12-24-17(15-6-9-20-10-7-15)22-23-19(24)27-14(2)18(25)21-11-8-16-5-4-13-26-16/h4-7,9-10,13-14H,3,8,11-12H2,1-2H3,(H,21,25). The summed E-state index contributed by atoms with van der Waals surface area (Å²) in [5.74, 6) is 0.833. The van der Waals surface area contributed by atoms with E-state index in [1.165, 1.54) is 16.6 Å². The normalized spacial score (nSPS) is 12.1. The van der Waals surface area contributed by atoms with Crippen LogP contribution in [0.25, 0.3) is 11.4 Å². The van der Waals surface area contributed by atoms with Crippen molar-refractivity contribution in [3.63, 3.8) is 0 Å². The molecule has 1 atom stereocenters. The molecule has 0 aliphatic carbocycles. The van der Waals surface area contributed by atoms with Crippen LogP contribution in [0.3, 0.4) is 0 Å². The molecule has 8 heteroatoms. The fraction of sp³-hybridized carbons (Fsp3) is 0.368. The number of aromatic nitrogens is 4. The number of thiophene rings is 1. The third kappa shape index (κ3) is 5.17. The van der Waals surface area contributed by atoms with Crippen molar-refractivity contribution in [2.24, 2.45) is 0 Å². The van der Waals surface area contributed by atoms with Crippen molar-refractivity contribution in [2.45, 2.75) is 43.6 Å². The lowest BCUT2D eigenvalue weighted by molar-refractivity contribution is -0.120. The van der Waals surface area contributed by atoms with Crippen molar-refractivity contribution in [3.05, 3.63) is 46.9 Å². The smallest absolute Gasteiger partial charge is 0.233 e. The van der Waals surface area contributed by atoms with Crippen molar-refractivity contribution in [1.29, 1.82) is 0 Å². The lowest BCUT2D eigenvalue weighted by atomic mass is 10.2. The highest BCUT2D eigenvalue weighted by molar-refractivity contribution is 8.00. The Kier molecular flexibility index (Phi) is 7.00. The third-order valence-electron chi connectivity index (χ3n) is 4.00. The Hall–Kier alpha value is -2.19. The summed E-state index contributed by atoms with van der Waals surface area (Å²) in [6, 6.07) is 7.96. The van der Waals surface area contributed by atoms with E-state index in [-0.39, 0.29) is 11.2 Å². The zero-order valence-electron chi connectivity index (χ0n) is 15.5. The first-order valence-electron chi connectivity index (χ1n) is 8.99. The minimum Gasteiger partial charge on any atom is -0.355 e. The van der Waals surface area contributed by atoms with E-state index in [0.717, 1.165) is 35.9 Å². The molecule has 3 aromatic heterocycles. The summed E-state index contributed by atoms with van der Waals surface area (Å²) in [6.07, 6.45) is 5.32. The summed E-state index contributed by atoms with van der Waals surface area (Å²) >= 11 is 3.16. The molecule has 1 unspecified atom stereocenters. The van der Waals surface area contributed by atoms with E-state index < -0.39 is 0 Å². The molecule has 0 radical (unpaired) electrons. The van der Waals surface area contributed by atoms with E-state index >= 15 is 0 Å². The Labute approximate surface area is 167 Å². The van der Waals surface area contributed by atoms with Gasteiger partial charge in [-0.2, -0.15) is 0 Å². The van der Waals surface area contributed by atoms with Crippen LogP contribution in [0.5, 0.6) is 0 Å². The van der Waals surface area contributed by atoms with Gasteiger partial charge in [0, 0.05) is 35.9 Å². The Bertz CT molecular complexity index is 848. The summed E-state index contributed by atoms with van der Waals surface area (Å²) in [7, 11) is 0. The van der Waals surface area contributed by atoms with E-state index in [1.54, 1.807) is 23.7 Å². The summed E-state index contributed by atoms with van der Waals surface area (Å²) < 4.78 is 2.08. The van der Waals surface area contributed by atoms with Crippen LogP contribution in [0.2, 0.25) is 0 Å². The molecule has 0 saturated carbocycles. The summed E-state index contributed by atoms with van der Waals surface area (Å²) in [5.41, 5.74) is 0.978. The van der Waals surface area contributed by atoms with Gasteiger partial charge in [-0.15, -0.1) is 21.5 Å². The van der Waals surface area contributed by atoms with Crippen LogP contribution in [0.15, 0.2) is 47.2 Å². The summed E-state index contributed by atoms with van der Waals surface area (Å²) in [5, 5.41) is 14.3. The molecule has 0 fully saturated rings. The predicted octanol–water partition coefficient (Wildman–Crippen LogP) is 3.65. The molecule has 3 heterocycles. The Morgan fingerprint density at radius 3 is 2.81 bits per heavy atom. The van der Waals surface area contributed by atoms with E-state index in [4.69, 9.17) is 0 Å². The average molecular weight is 402 g/mol. The highest BCUT2D eigenvalue weighted by Crippen LogP contribution is 2.27. The lowest BCUT2D eigenvalue weighted by Gasteiger charge is -2.13. The Balaban J connectivity index is 1.63. The second-order valence-electron chi connectivity index (χ2n) is 6.07. The number of rotatable bonds is 9. The van der Waals surface area contributed by atoms with Gasteiger partial charge < -0.3 is 9.88 Å². The maximum Gasteiger partial charge on any atom is 0.233 e. The zero-order valence-corrected chi connectivity index (χ0v) is 17.1. The third-order valence-corrected chi connectivity index (χ3v) is 6.02. The van der Waals surface area contributed by atoms with Crippen molar-refractivity contribution in [2.75, 3.05) is 6.54 Å². The number of carbonyl (C=O) groups is 1. The van der Waals surface area contributed by atoms with Gasteiger partial charge in [-0.25, -0.2) is 0 Å². The number of nitrogens with zero attached hydrogens (tertiary/aromatic N) is 4. The van der Waals surface area contributed by atoms with E-state index in [2.05, 4.69) is 43.4 Å². The molecule has 27 heavy (non-hydrogen) atoms. The molecule has 6 nitrogen and oxygen atoms in total. The molecule has 142 valence electrons. The molecular weight excluding hydrogens is 378 g/mol. The zero-order chi connectivity index (χ0) is 19.1. The van der Waals surface area contributed by atoms with E-state index in [0.29, 0.717) is 6.54 Å². The molecule has 1 N–H and O–H groups in total. The maximum atomic E-state index is 12.4. The second kappa shape index (κ2) is 9.66. The van der Waals surface area contributed by atoms with Crippen molar-refractivity contribution >= 4 is 29.0 Å². The van der Waals surface area contributed by atoms with Crippen molar-refractivity contribution in [3.8, 4) is 11.4 Å². The van der Waals surface area contributed by atoms with Crippen LogP contribution in [0, 0.1) is 0 Å². The van der Waals surface area contributed by atoms with Crippen LogP contribution in [0.4, 0.5) is 0 Å². The van der Waals surface area contributed by atoms with Gasteiger partial charge in [-0.05, 0) is 43.3 Å². The van der Waals surface area contributed by atoms with Crippen LogP contribution < -0.4 is 5.32 Å². The monoisotopic (exact) mass is 401 g/mol. The van der Waals surface area contributed by atoms with Crippen molar-refractivity contribution in [1.82, 2.24) is 25.1 Å². The van der Waals surface area contributed by atoms with Gasteiger partial charge in [0.25, 0.3) is 0 Å². The van der Waals surface area contributed by atoms with Crippen LogP contribution in [-0.2, 0) is 17.8 Å². The fourth-order valence-electron chi connectivity index (χ4n) is 2.63. The van der Waals surface area contributed by atoms with Crippen LogP contribution in [0.1, 0.15) is 25.1 Å². The molecule has 1 amide bonds. The first-order valence-corrected chi connectivity index (χ1v) is 10.7. The Morgan fingerprint density at radius 1 is 1.30 bits per heavy atom. The molecule has 0 aromatic carbocycles. The predicted molar refractivity (Wildman–Crippen MR) is 110 cm³/mol. The minimum atomic E-state index is -0.238. The van der Waals surface area contributed by atoms with Gasteiger partial charge in [0.15, 0.2) is 11.0 Å². The molecular formula is C19H23N5OS2. The number of hydrogen-bond acceptors (Lipinski definition) is 6. The first kappa shape index (κ1) is 19.6. The number of carbonyl (C=O) groups excluding carboxylic acids is 1. The van der Waals surface area contributed by atoms with Crippen molar-refractivity contribution < 1.29 is 4.79 Å². The molecule has 0 spiro atoms. The maximum absolute atomic E-state index is 12.4. The number of pyridine rings is 1. The highest BCUT2D eigenvalue weighted by atomic mass is 32.2. The number of hydrogen-bond donors (Lipinski definition) is 1. The Morgan fingerprint density at radius 2 is 2.11 bits per heavy atom. The second-order valence-corrected chi connectivity index (χ2v) is 8.41. The lowest BCUT2D eigenvalue weighted by Crippen LogP contribution is -2.32. The average Bonchev–Trinajstić information content (AvgIpc) is 3.33. The van der Waals surface area contributed by atoms with Gasteiger partial charge in [0.05, 0.1) is 5.25 Å². The first-order chi connectivity index (χ1) is 13.2. The van der Waals surface area contributed by atoms with Gasteiger partial charge in [0.1, 0.15) is 0 Å². The topological polar surface area (TPSA) is 72.7 Å². The SMILES string of the molecule is CCCn1c(SC(C)C(=O)NCCc2cccs2)nnc1-c1ccncc1. The fourth-order valence-corrected chi connectivity index (χ4v) is 4.24.